The van der Waals surface area contributed by atoms with Gasteiger partial charge >= 0.3 is 0 Å². The van der Waals surface area contributed by atoms with E-state index in [2.05, 4.69) is 27.9 Å². The van der Waals surface area contributed by atoms with Crippen LogP contribution in [0, 0.1) is 9.18 Å². The van der Waals surface area contributed by atoms with Gasteiger partial charge < -0.3 is 14.8 Å². The quantitative estimate of drug-likeness (QED) is 0.789. The van der Waals surface area contributed by atoms with Gasteiger partial charge in [0.25, 0.3) is 0 Å². The van der Waals surface area contributed by atoms with Gasteiger partial charge in [0, 0.05) is 13.2 Å². The van der Waals surface area contributed by atoms with Gasteiger partial charge in [-0.2, -0.15) is 0 Å². The molecule has 1 aromatic heterocycles. The molecule has 84 valence electrons. The summed E-state index contributed by atoms with van der Waals surface area (Å²) in [5.74, 6) is 0.985. The molecule has 1 aliphatic carbocycles. The normalized spacial score (nSPS) is 18.0. The molecule has 0 atom stereocenters. The van der Waals surface area contributed by atoms with Crippen molar-refractivity contribution in [2.24, 2.45) is 5.41 Å². The van der Waals surface area contributed by atoms with Crippen LogP contribution in [0.1, 0.15) is 25.0 Å². The maximum Gasteiger partial charge on any atom is 0.164 e. The van der Waals surface area contributed by atoms with Crippen LogP contribution in [0.4, 0.5) is 0 Å². The zero-order valence-corrected chi connectivity index (χ0v) is 10.8. The summed E-state index contributed by atoms with van der Waals surface area (Å²) in [6.07, 6.45) is 3.42. The molecule has 1 heterocycles. The third kappa shape index (κ3) is 3.19. The molecule has 0 saturated heterocycles. The Morgan fingerprint density at radius 3 is 2.80 bits per heavy atom. The first kappa shape index (κ1) is 11.4. The molecular formula is C11H16INO2. The summed E-state index contributed by atoms with van der Waals surface area (Å²) in [4.78, 5) is 0. The van der Waals surface area contributed by atoms with Gasteiger partial charge in [-0.05, 0) is 59.4 Å². The summed E-state index contributed by atoms with van der Waals surface area (Å²) in [6.45, 7) is 2.08. The van der Waals surface area contributed by atoms with Crippen LogP contribution in [0.15, 0.2) is 16.5 Å². The molecular weight excluding hydrogens is 305 g/mol. The van der Waals surface area contributed by atoms with Crippen LogP contribution in [0.25, 0.3) is 0 Å². The van der Waals surface area contributed by atoms with E-state index in [4.69, 9.17) is 9.52 Å². The third-order valence-electron chi connectivity index (χ3n) is 3.03. The Morgan fingerprint density at radius 2 is 2.27 bits per heavy atom. The van der Waals surface area contributed by atoms with Crippen LogP contribution in [0.5, 0.6) is 0 Å². The summed E-state index contributed by atoms with van der Waals surface area (Å²) in [5, 5.41) is 12.3. The lowest BCUT2D eigenvalue weighted by Crippen LogP contribution is -2.24. The molecule has 3 nitrogen and oxygen atoms in total. The largest absolute Gasteiger partial charge is 0.454 e. The van der Waals surface area contributed by atoms with Gasteiger partial charge in [0.15, 0.2) is 3.77 Å². The molecule has 0 aromatic carbocycles. The maximum atomic E-state index is 8.91. The van der Waals surface area contributed by atoms with Crippen molar-refractivity contribution in [3.05, 3.63) is 21.7 Å². The number of nitrogens with one attached hydrogen (secondary N) is 1. The summed E-state index contributed by atoms with van der Waals surface area (Å²) >= 11 is 2.17. The Labute approximate surface area is 103 Å². The Balaban J connectivity index is 1.71. The standard InChI is InChI=1S/C11H16INO2/c12-10-2-1-9(15-10)7-13-8-11(3-4-11)5-6-14/h1-2,13-14H,3-8H2. The lowest BCUT2D eigenvalue weighted by molar-refractivity contribution is 0.244. The smallest absolute Gasteiger partial charge is 0.164 e. The third-order valence-corrected chi connectivity index (χ3v) is 3.61. The van der Waals surface area contributed by atoms with E-state index >= 15 is 0 Å². The van der Waals surface area contributed by atoms with E-state index in [9.17, 15) is 0 Å². The molecule has 0 bridgehead atoms. The number of halogens is 1. The van der Waals surface area contributed by atoms with E-state index in [-0.39, 0.29) is 0 Å². The summed E-state index contributed by atoms with van der Waals surface area (Å²) in [7, 11) is 0. The molecule has 0 aliphatic heterocycles. The molecule has 1 saturated carbocycles. The maximum absolute atomic E-state index is 8.91. The number of aliphatic hydroxyl groups excluding tert-OH is 1. The molecule has 2 rings (SSSR count). The van der Waals surface area contributed by atoms with Gasteiger partial charge in [0.05, 0.1) is 6.54 Å². The zero-order chi connectivity index (χ0) is 10.7. The van der Waals surface area contributed by atoms with Crippen molar-refractivity contribution >= 4 is 22.6 Å². The van der Waals surface area contributed by atoms with E-state index < -0.39 is 0 Å². The van der Waals surface area contributed by atoms with Gasteiger partial charge in [-0.15, -0.1) is 0 Å². The fraction of sp³-hybridized carbons (Fsp3) is 0.636. The first-order valence-corrected chi connectivity index (χ1v) is 6.38. The average molecular weight is 321 g/mol. The Morgan fingerprint density at radius 1 is 1.47 bits per heavy atom. The molecule has 0 spiro atoms. The zero-order valence-electron chi connectivity index (χ0n) is 8.63. The van der Waals surface area contributed by atoms with Crippen LogP contribution in [-0.2, 0) is 6.54 Å². The number of hydrogen-bond donors (Lipinski definition) is 2. The van der Waals surface area contributed by atoms with Crippen LogP contribution in [-0.4, -0.2) is 18.3 Å². The molecule has 2 N–H and O–H groups in total. The topological polar surface area (TPSA) is 45.4 Å². The second-order valence-corrected chi connectivity index (χ2v) is 5.35. The minimum absolute atomic E-state index is 0.306. The minimum Gasteiger partial charge on any atom is -0.454 e. The molecule has 1 aliphatic rings. The molecule has 15 heavy (non-hydrogen) atoms. The molecule has 0 amide bonds. The molecule has 4 heteroatoms. The van der Waals surface area contributed by atoms with Crippen LogP contribution in [0.2, 0.25) is 0 Å². The van der Waals surface area contributed by atoms with Gasteiger partial charge in [-0.3, -0.25) is 0 Å². The highest BCUT2D eigenvalue weighted by atomic mass is 127. The van der Waals surface area contributed by atoms with E-state index in [0.717, 1.165) is 29.0 Å². The predicted octanol–water partition coefficient (Wildman–Crippen LogP) is 2.14. The van der Waals surface area contributed by atoms with Crippen molar-refractivity contribution < 1.29 is 9.52 Å². The Kier molecular flexibility index (Phi) is 3.69. The lowest BCUT2D eigenvalue weighted by atomic mass is 10.0. The van der Waals surface area contributed by atoms with Crippen LogP contribution in [0.3, 0.4) is 0 Å². The highest BCUT2D eigenvalue weighted by molar-refractivity contribution is 14.1. The average Bonchev–Trinajstić information content (AvgIpc) is 2.83. The Bertz CT molecular complexity index is 320. The monoisotopic (exact) mass is 321 g/mol. The van der Waals surface area contributed by atoms with Gasteiger partial charge in [0.2, 0.25) is 0 Å². The van der Waals surface area contributed by atoms with Crippen molar-refractivity contribution in [3.63, 3.8) is 0 Å². The van der Waals surface area contributed by atoms with E-state index in [1.807, 2.05) is 12.1 Å². The summed E-state index contributed by atoms with van der Waals surface area (Å²) < 4.78 is 6.38. The van der Waals surface area contributed by atoms with Crippen molar-refractivity contribution in [3.8, 4) is 0 Å². The Hall–Kier alpha value is -0.0700. The first-order chi connectivity index (χ1) is 7.24. The fourth-order valence-corrected chi connectivity index (χ4v) is 2.29. The molecule has 1 fully saturated rings. The van der Waals surface area contributed by atoms with Crippen LogP contribution < -0.4 is 5.32 Å². The second kappa shape index (κ2) is 4.84. The SMILES string of the molecule is OCCC1(CNCc2ccc(I)o2)CC1. The number of rotatable bonds is 6. The minimum atomic E-state index is 0.306. The highest BCUT2D eigenvalue weighted by Gasteiger charge is 2.41. The first-order valence-electron chi connectivity index (χ1n) is 5.30. The summed E-state index contributed by atoms with van der Waals surface area (Å²) in [5.41, 5.74) is 0.383. The van der Waals surface area contributed by atoms with Gasteiger partial charge in [-0.25, -0.2) is 0 Å². The summed E-state index contributed by atoms with van der Waals surface area (Å²) in [6, 6.07) is 3.97. The molecule has 0 radical (unpaired) electrons. The van der Waals surface area contributed by atoms with Crippen LogP contribution >= 0.6 is 22.6 Å². The second-order valence-electron chi connectivity index (χ2n) is 4.28. The number of hydrogen-bond acceptors (Lipinski definition) is 3. The van der Waals surface area contributed by atoms with Crippen molar-refractivity contribution in [2.75, 3.05) is 13.2 Å². The number of furan rings is 1. The van der Waals surface area contributed by atoms with Crippen molar-refractivity contribution in [2.45, 2.75) is 25.8 Å². The van der Waals surface area contributed by atoms with E-state index in [0.29, 0.717) is 12.0 Å². The lowest BCUT2D eigenvalue weighted by Gasteiger charge is -2.13. The highest BCUT2D eigenvalue weighted by Crippen LogP contribution is 2.47. The molecule has 0 unspecified atom stereocenters. The van der Waals surface area contributed by atoms with Crippen molar-refractivity contribution in [1.29, 1.82) is 0 Å². The van der Waals surface area contributed by atoms with Gasteiger partial charge in [-0.1, -0.05) is 0 Å². The number of aliphatic hydroxyl groups is 1. The van der Waals surface area contributed by atoms with Crippen molar-refractivity contribution in [1.82, 2.24) is 5.32 Å². The van der Waals surface area contributed by atoms with E-state index in [1.54, 1.807) is 0 Å². The van der Waals surface area contributed by atoms with Gasteiger partial charge in [0.1, 0.15) is 5.76 Å². The predicted molar refractivity (Wildman–Crippen MR) is 66.5 cm³/mol. The van der Waals surface area contributed by atoms with E-state index in [1.165, 1.54) is 12.8 Å². The fourth-order valence-electron chi connectivity index (χ4n) is 1.83. The molecule has 1 aromatic rings.